The van der Waals surface area contributed by atoms with Gasteiger partial charge >= 0.3 is 26.2 Å². The molecular formula is C30H18Br2Cl2SZr. The van der Waals surface area contributed by atoms with Crippen LogP contribution in [0.3, 0.4) is 0 Å². The Balaban J connectivity index is 0.000000185. The fourth-order valence-electron chi connectivity index (χ4n) is 4.64. The number of hydrogen-bond donors (Lipinski definition) is 0. The fraction of sp³-hybridized carbons (Fsp3) is 0.0667. The van der Waals surface area contributed by atoms with Crippen molar-refractivity contribution in [3.63, 3.8) is 0 Å². The summed E-state index contributed by atoms with van der Waals surface area (Å²) in [7, 11) is 0. The minimum Gasteiger partial charge on any atom is -1.00 e. The van der Waals surface area contributed by atoms with Gasteiger partial charge in [0.15, 0.2) is 0 Å². The molecule has 2 atom stereocenters. The van der Waals surface area contributed by atoms with Gasteiger partial charge in [0.2, 0.25) is 0 Å². The van der Waals surface area contributed by atoms with Crippen molar-refractivity contribution in [2.45, 2.75) is 21.6 Å². The summed E-state index contributed by atoms with van der Waals surface area (Å²) in [5, 5.41) is 0. The van der Waals surface area contributed by atoms with Crippen LogP contribution in [0, 0.1) is 12.2 Å². The Morgan fingerprint density at radius 2 is 1.25 bits per heavy atom. The van der Waals surface area contributed by atoms with E-state index in [0.29, 0.717) is 0 Å². The number of halogens is 4. The predicted octanol–water partition coefficient (Wildman–Crippen LogP) is 3.29. The van der Waals surface area contributed by atoms with Gasteiger partial charge in [-0.25, -0.2) is 12.2 Å². The molecule has 6 heteroatoms. The van der Waals surface area contributed by atoms with E-state index >= 15 is 0 Å². The number of allylic oxidation sites excluding steroid dienone is 2. The Morgan fingerprint density at radius 1 is 0.611 bits per heavy atom. The first-order valence-electron chi connectivity index (χ1n) is 10.8. The first kappa shape index (κ1) is 29.7. The van der Waals surface area contributed by atoms with Crippen molar-refractivity contribution in [1.29, 1.82) is 0 Å². The average Bonchev–Trinajstić information content (AvgIpc) is 3.50. The smallest absolute Gasteiger partial charge is 1.00 e. The van der Waals surface area contributed by atoms with E-state index in [2.05, 4.69) is 135 Å². The molecule has 176 valence electrons. The molecule has 0 saturated heterocycles. The van der Waals surface area contributed by atoms with Gasteiger partial charge in [-0.15, -0.1) is 29.0 Å². The van der Waals surface area contributed by atoms with Crippen molar-refractivity contribution in [1.82, 2.24) is 0 Å². The van der Waals surface area contributed by atoms with E-state index in [1.165, 1.54) is 52.1 Å². The van der Waals surface area contributed by atoms with Crippen LogP contribution in [0.4, 0.5) is 0 Å². The van der Waals surface area contributed by atoms with E-state index in [9.17, 15) is 0 Å². The molecule has 2 aliphatic carbocycles. The molecular weight excluding hydrogens is 714 g/mol. The fourth-order valence-corrected chi connectivity index (χ4v) is 6.76. The third kappa shape index (κ3) is 5.60. The van der Waals surface area contributed by atoms with Crippen LogP contribution in [0.15, 0.2) is 104 Å². The second-order valence-corrected chi connectivity index (χ2v) is 11.0. The summed E-state index contributed by atoms with van der Waals surface area (Å²) in [6.45, 7) is 0. The molecule has 0 N–H and O–H groups in total. The largest absolute Gasteiger partial charge is 4.00 e. The predicted molar refractivity (Wildman–Crippen MR) is 144 cm³/mol. The molecule has 0 saturated carbocycles. The number of benzene rings is 4. The summed E-state index contributed by atoms with van der Waals surface area (Å²) in [4.78, 5) is 2.63. The minimum atomic E-state index is 0. The molecule has 8 rings (SSSR count). The Kier molecular flexibility index (Phi) is 10.5. The summed E-state index contributed by atoms with van der Waals surface area (Å²) in [6.07, 6.45) is 11.1. The van der Waals surface area contributed by atoms with E-state index < -0.39 is 0 Å². The Morgan fingerprint density at radius 3 is 2.00 bits per heavy atom. The molecule has 6 bridgehead atoms. The maximum absolute atomic E-state index is 3.67. The maximum Gasteiger partial charge on any atom is 4.00 e. The van der Waals surface area contributed by atoms with Crippen LogP contribution in [0.1, 0.15) is 45.2 Å². The zero-order valence-electron chi connectivity index (χ0n) is 18.8. The van der Waals surface area contributed by atoms with Gasteiger partial charge in [-0.05, 0) is 18.2 Å². The summed E-state index contributed by atoms with van der Waals surface area (Å²) < 4.78 is 2.35. The minimum absolute atomic E-state index is 0. The van der Waals surface area contributed by atoms with Crippen molar-refractivity contribution < 1.29 is 51.0 Å². The molecule has 0 nitrogen and oxygen atoms in total. The van der Waals surface area contributed by atoms with Gasteiger partial charge in [-0.1, -0.05) is 120 Å². The molecule has 0 amide bonds. The molecule has 0 fully saturated rings. The van der Waals surface area contributed by atoms with Crippen LogP contribution in [-0.2, 0) is 26.2 Å². The molecule has 4 aliphatic rings. The van der Waals surface area contributed by atoms with Crippen LogP contribution in [0.5, 0.6) is 0 Å². The van der Waals surface area contributed by atoms with Gasteiger partial charge in [0.05, 0.1) is 0 Å². The molecule has 0 radical (unpaired) electrons. The van der Waals surface area contributed by atoms with Crippen LogP contribution in [-0.4, -0.2) is 0 Å². The summed E-state index contributed by atoms with van der Waals surface area (Å²) >= 11 is 9.13. The standard InChI is InChI=1S/C15H8BrS.C15H10Br.2ClH.Zr/c16-13-7-8-14-12-6-5-11(15(12)13)9-1-3-10(17-14)4-2-9;16-14-8-4-7-12-9-10-13(15(12)14)11-5-2-1-3-6-11;;;/h1-4,6-8,11H;1-9,13H;2*1H;/q2*-1;;;+4/p-2. The van der Waals surface area contributed by atoms with Crippen molar-refractivity contribution in [3.8, 4) is 0 Å². The summed E-state index contributed by atoms with van der Waals surface area (Å²) in [5.74, 6) is 0.554. The van der Waals surface area contributed by atoms with Crippen LogP contribution in [0.25, 0.3) is 12.2 Å². The van der Waals surface area contributed by atoms with E-state index in [-0.39, 0.29) is 62.9 Å². The topological polar surface area (TPSA) is 0 Å². The van der Waals surface area contributed by atoms with Gasteiger partial charge in [-0.3, -0.25) is 12.2 Å². The van der Waals surface area contributed by atoms with Crippen molar-refractivity contribution in [3.05, 3.63) is 139 Å². The van der Waals surface area contributed by atoms with Gasteiger partial charge in [0, 0.05) is 13.8 Å². The monoisotopic (exact) mass is 728 g/mol. The van der Waals surface area contributed by atoms with Crippen molar-refractivity contribution >= 4 is 55.8 Å². The molecule has 2 unspecified atom stereocenters. The van der Waals surface area contributed by atoms with Gasteiger partial charge in [0.25, 0.3) is 0 Å². The first-order valence-corrected chi connectivity index (χ1v) is 13.2. The average molecular weight is 732 g/mol. The van der Waals surface area contributed by atoms with Crippen LogP contribution >= 0.6 is 43.6 Å². The van der Waals surface area contributed by atoms with Gasteiger partial charge in [0.1, 0.15) is 0 Å². The maximum atomic E-state index is 3.67. The number of rotatable bonds is 1. The quantitative estimate of drug-likeness (QED) is 0.271. The van der Waals surface area contributed by atoms with Crippen molar-refractivity contribution in [2.75, 3.05) is 0 Å². The van der Waals surface area contributed by atoms with E-state index in [1.54, 1.807) is 0 Å². The molecule has 0 aromatic heterocycles. The summed E-state index contributed by atoms with van der Waals surface area (Å²) in [6, 6.07) is 30.0. The van der Waals surface area contributed by atoms with Crippen LogP contribution in [0.2, 0.25) is 0 Å². The zero-order valence-corrected chi connectivity index (χ0v) is 26.8. The van der Waals surface area contributed by atoms with Gasteiger partial charge < -0.3 is 24.8 Å². The SMILES string of the molecule is Brc1ccc2c3c1C([C-]=C3)c1ccc(cc1)S2.Brc1cccc2c1C(c1ccccc1)[C-]=C2.[Cl-].[Cl-].[Zr+4]. The zero-order chi connectivity index (χ0) is 22.4. The first-order chi connectivity index (χ1) is 16.2. The molecule has 4 aromatic carbocycles. The third-order valence-corrected chi connectivity index (χ3v) is 8.70. The molecule has 0 spiro atoms. The second-order valence-electron chi connectivity index (χ2n) is 8.19. The molecule has 36 heavy (non-hydrogen) atoms. The molecule has 2 heterocycles. The normalized spacial score (nSPS) is 16.7. The molecule has 4 aromatic rings. The Bertz CT molecular complexity index is 1420. The second kappa shape index (κ2) is 12.8. The van der Waals surface area contributed by atoms with E-state index in [0.717, 1.165) is 0 Å². The van der Waals surface area contributed by atoms with Crippen LogP contribution < -0.4 is 24.8 Å². The Labute approximate surface area is 265 Å². The van der Waals surface area contributed by atoms with Crippen molar-refractivity contribution in [2.24, 2.45) is 0 Å². The summed E-state index contributed by atoms with van der Waals surface area (Å²) in [5.41, 5.74) is 7.91. The van der Waals surface area contributed by atoms with Gasteiger partial charge in [-0.2, -0.15) is 11.1 Å². The van der Waals surface area contributed by atoms with E-state index in [1.807, 2.05) is 17.8 Å². The molecule has 2 aliphatic heterocycles. The Hall–Kier alpha value is -0.867. The third-order valence-electron chi connectivity index (χ3n) is 6.23. The number of hydrogen-bond acceptors (Lipinski definition) is 1. The number of fused-ring (bicyclic) bond motifs is 3. The van der Waals surface area contributed by atoms with E-state index in [4.69, 9.17) is 0 Å².